The number of methoxy groups -OCH3 is 2. The van der Waals surface area contributed by atoms with Crippen molar-refractivity contribution in [2.75, 3.05) is 20.8 Å². The van der Waals surface area contributed by atoms with Crippen LogP contribution in [0.1, 0.15) is 11.6 Å². The minimum absolute atomic E-state index is 0.175. The van der Waals surface area contributed by atoms with Crippen LogP contribution < -0.4 is 10.5 Å². The SMILES string of the molecule is COCC(N)c1c(Br)cccc1OC. The number of ether oxygens (including phenoxy) is 2. The van der Waals surface area contributed by atoms with Crippen molar-refractivity contribution in [1.29, 1.82) is 0 Å². The van der Waals surface area contributed by atoms with E-state index in [1.807, 2.05) is 18.2 Å². The molecule has 0 saturated heterocycles. The van der Waals surface area contributed by atoms with Gasteiger partial charge < -0.3 is 15.2 Å². The number of nitrogens with two attached hydrogens (primary N) is 1. The lowest BCUT2D eigenvalue weighted by Gasteiger charge is -2.16. The van der Waals surface area contributed by atoms with Crippen LogP contribution >= 0.6 is 15.9 Å². The summed E-state index contributed by atoms with van der Waals surface area (Å²) >= 11 is 3.44. The molecule has 1 aromatic rings. The third kappa shape index (κ3) is 2.47. The predicted molar refractivity (Wildman–Crippen MR) is 59.5 cm³/mol. The second-order valence-electron chi connectivity index (χ2n) is 2.92. The van der Waals surface area contributed by atoms with Gasteiger partial charge in [0.1, 0.15) is 5.75 Å². The molecule has 4 heteroatoms. The summed E-state index contributed by atoms with van der Waals surface area (Å²) in [6.07, 6.45) is 0. The summed E-state index contributed by atoms with van der Waals surface area (Å²) in [7, 11) is 3.26. The van der Waals surface area contributed by atoms with E-state index in [1.54, 1.807) is 14.2 Å². The average Bonchev–Trinajstić information content (AvgIpc) is 2.17. The van der Waals surface area contributed by atoms with Gasteiger partial charge in [0.2, 0.25) is 0 Å². The maximum absolute atomic E-state index is 5.95. The summed E-state index contributed by atoms with van der Waals surface area (Å²) in [5.74, 6) is 0.781. The van der Waals surface area contributed by atoms with Gasteiger partial charge in [-0.15, -0.1) is 0 Å². The van der Waals surface area contributed by atoms with Crippen molar-refractivity contribution in [3.8, 4) is 5.75 Å². The Balaban J connectivity index is 3.03. The highest BCUT2D eigenvalue weighted by molar-refractivity contribution is 9.10. The minimum atomic E-state index is -0.175. The van der Waals surface area contributed by atoms with Crippen molar-refractivity contribution in [3.05, 3.63) is 28.2 Å². The molecule has 14 heavy (non-hydrogen) atoms. The van der Waals surface area contributed by atoms with E-state index in [4.69, 9.17) is 15.2 Å². The van der Waals surface area contributed by atoms with Crippen molar-refractivity contribution in [1.82, 2.24) is 0 Å². The summed E-state index contributed by atoms with van der Waals surface area (Å²) in [5.41, 5.74) is 6.89. The molecule has 1 aromatic carbocycles. The minimum Gasteiger partial charge on any atom is -0.496 e. The highest BCUT2D eigenvalue weighted by Gasteiger charge is 2.14. The highest BCUT2D eigenvalue weighted by atomic mass is 79.9. The molecule has 0 heterocycles. The van der Waals surface area contributed by atoms with Gasteiger partial charge in [-0.25, -0.2) is 0 Å². The van der Waals surface area contributed by atoms with Gasteiger partial charge in [-0.2, -0.15) is 0 Å². The Bertz CT molecular complexity index is 304. The summed E-state index contributed by atoms with van der Waals surface area (Å²) < 4.78 is 11.2. The molecule has 1 rings (SSSR count). The Labute approximate surface area is 92.3 Å². The Morgan fingerprint density at radius 2 is 2.14 bits per heavy atom. The molecule has 0 saturated carbocycles. The van der Waals surface area contributed by atoms with Crippen LogP contribution in [0.3, 0.4) is 0 Å². The zero-order chi connectivity index (χ0) is 10.6. The largest absolute Gasteiger partial charge is 0.496 e. The van der Waals surface area contributed by atoms with Crippen LogP contribution in [0.5, 0.6) is 5.75 Å². The monoisotopic (exact) mass is 259 g/mol. The van der Waals surface area contributed by atoms with E-state index in [-0.39, 0.29) is 6.04 Å². The summed E-state index contributed by atoms with van der Waals surface area (Å²) in [5, 5.41) is 0. The van der Waals surface area contributed by atoms with Gasteiger partial charge in [0, 0.05) is 17.1 Å². The number of hydrogen-bond acceptors (Lipinski definition) is 3. The molecule has 2 N–H and O–H groups in total. The van der Waals surface area contributed by atoms with Crippen LogP contribution in [-0.2, 0) is 4.74 Å². The van der Waals surface area contributed by atoms with E-state index >= 15 is 0 Å². The first-order valence-electron chi connectivity index (χ1n) is 4.27. The molecule has 0 amide bonds. The molecule has 0 radical (unpaired) electrons. The number of benzene rings is 1. The van der Waals surface area contributed by atoms with E-state index in [9.17, 15) is 0 Å². The van der Waals surface area contributed by atoms with E-state index in [0.717, 1.165) is 15.8 Å². The molecule has 0 fully saturated rings. The van der Waals surface area contributed by atoms with Gasteiger partial charge >= 0.3 is 0 Å². The average molecular weight is 260 g/mol. The molecule has 0 aliphatic rings. The van der Waals surface area contributed by atoms with Crippen molar-refractivity contribution in [3.63, 3.8) is 0 Å². The van der Waals surface area contributed by atoms with Crippen LogP contribution in [0.15, 0.2) is 22.7 Å². The van der Waals surface area contributed by atoms with E-state index in [0.29, 0.717) is 6.61 Å². The second kappa shape index (κ2) is 5.34. The van der Waals surface area contributed by atoms with Crippen molar-refractivity contribution < 1.29 is 9.47 Å². The fourth-order valence-corrected chi connectivity index (χ4v) is 1.96. The van der Waals surface area contributed by atoms with E-state index < -0.39 is 0 Å². The number of halogens is 1. The number of rotatable bonds is 4. The lowest BCUT2D eigenvalue weighted by Crippen LogP contribution is -2.17. The van der Waals surface area contributed by atoms with Gasteiger partial charge in [0.25, 0.3) is 0 Å². The Kier molecular flexibility index (Phi) is 4.38. The lowest BCUT2D eigenvalue weighted by atomic mass is 10.1. The van der Waals surface area contributed by atoms with Crippen LogP contribution in [-0.4, -0.2) is 20.8 Å². The Hall–Kier alpha value is -0.580. The predicted octanol–water partition coefficient (Wildman–Crippen LogP) is 2.10. The summed E-state index contributed by atoms with van der Waals surface area (Å²) in [4.78, 5) is 0. The number of hydrogen-bond donors (Lipinski definition) is 1. The van der Waals surface area contributed by atoms with Crippen LogP contribution in [0.4, 0.5) is 0 Å². The molecule has 1 unspecified atom stereocenters. The normalized spacial score (nSPS) is 12.6. The van der Waals surface area contributed by atoms with E-state index in [1.165, 1.54) is 0 Å². The molecular weight excluding hydrogens is 246 g/mol. The second-order valence-corrected chi connectivity index (χ2v) is 3.77. The van der Waals surface area contributed by atoms with Crippen LogP contribution in [0, 0.1) is 0 Å². The van der Waals surface area contributed by atoms with Gasteiger partial charge in [0.05, 0.1) is 19.8 Å². The van der Waals surface area contributed by atoms with Crippen LogP contribution in [0.2, 0.25) is 0 Å². The molecule has 0 aromatic heterocycles. The molecule has 0 aliphatic heterocycles. The van der Waals surface area contributed by atoms with Crippen LogP contribution in [0.25, 0.3) is 0 Å². The van der Waals surface area contributed by atoms with Crippen molar-refractivity contribution >= 4 is 15.9 Å². The molecule has 0 spiro atoms. The first kappa shape index (κ1) is 11.5. The standard InChI is InChI=1S/C10H14BrNO2/c1-13-6-8(12)10-7(11)4-3-5-9(10)14-2/h3-5,8H,6,12H2,1-2H3. The highest BCUT2D eigenvalue weighted by Crippen LogP contribution is 2.31. The molecule has 1 atom stereocenters. The molecule has 3 nitrogen and oxygen atoms in total. The van der Waals surface area contributed by atoms with E-state index in [2.05, 4.69) is 15.9 Å². The first-order valence-corrected chi connectivity index (χ1v) is 5.07. The molecule has 0 aliphatic carbocycles. The van der Waals surface area contributed by atoms with Gasteiger partial charge in [0.15, 0.2) is 0 Å². The third-order valence-electron chi connectivity index (χ3n) is 1.95. The zero-order valence-electron chi connectivity index (χ0n) is 8.29. The fourth-order valence-electron chi connectivity index (χ4n) is 1.32. The molecule has 0 bridgehead atoms. The van der Waals surface area contributed by atoms with Gasteiger partial charge in [-0.1, -0.05) is 22.0 Å². The van der Waals surface area contributed by atoms with Gasteiger partial charge in [-0.3, -0.25) is 0 Å². The quantitative estimate of drug-likeness (QED) is 0.901. The van der Waals surface area contributed by atoms with Gasteiger partial charge in [-0.05, 0) is 12.1 Å². The first-order chi connectivity index (χ1) is 6.70. The fraction of sp³-hybridized carbons (Fsp3) is 0.400. The lowest BCUT2D eigenvalue weighted by molar-refractivity contribution is 0.179. The Morgan fingerprint density at radius 1 is 1.43 bits per heavy atom. The van der Waals surface area contributed by atoms with Crippen molar-refractivity contribution in [2.45, 2.75) is 6.04 Å². The van der Waals surface area contributed by atoms with Crippen molar-refractivity contribution in [2.24, 2.45) is 5.73 Å². The third-order valence-corrected chi connectivity index (χ3v) is 2.64. The molecular formula is C10H14BrNO2. The summed E-state index contributed by atoms with van der Waals surface area (Å²) in [6, 6.07) is 5.56. The summed E-state index contributed by atoms with van der Waals surface area (Å²) in [6.45, 7) is 0.471. The zero-order valence-corrected chi connectivity index (χ0v) is 9.87. The molecule has 78 valence electrons. The maximum atomic E-state index is 5.95. The topological polar surface area (TPSA) is 44.5 Å². The smallest absolute Gasteiger partial charge is 0.124 e. The maximum Gasteiger partial charge on any atom is 0.124 e. The Morgan fingerprint density at radius 3 is 2.71 bits per heavy atom.